The predicted octanol–water partition coefficient (Wildman–Crippen LogP) is 5.56. The van der Waals surface area contributed by atoms with Crippen LogP contribution in [-0.4, -0.2) is 15.0 Å². The molecule has 4 nitrogen and oxygen atoms in total. The highest BCUT2D eigenvalue weighted by Gasteiger charge is 2.20. The van der Waals surface area contributed by atoms with Gasteiger partial charge in [0, 0.05) is 11.1 Å². The van der Waals surface area contributed by atoms with Crippen molar-refractivity contribution >= 4 is 33.3 Å². The largest absolute Gasteiger partial charge is 0.492 e. The highest BCUT2D eigenvalue weighted by Crippen LogP contribution is 2.31. The summed E-state index contributed by atoms with van der Waals surface area (Å²) in [6.07, 6.45) is 1.82. The van der Waals surface area contributed by atoms with Gasteiger partial charge in [-0.1, -0.05) is 36.5 Å². The van der Waals surface area contributed by atoms with Crippen LogP contribution in [0.3, 0.4) is 0 Å². The maximum atomic E-state index is 12.5. The molecule has 0 aliphatic rings. The van der Waals surface area contributed by atoms with Crippen molar-refractivity contribution in [1.82, 2.24) is 0 Å². The number of unbranched alkanes of at least 4 members (excludes halogenated alkanes) is 1. The smallest absolute Gasteiger partial charge is 0.339 e. The van der Waals surface area contributed by atoms with Crippen molar-refractivity contribution in [3.8, 4) is 11.5 Å². The van der Waals surface area contributed by atoms with E-state index >= 15 is 0 Å². The molecule has 136 valence electrons. The van der Waals surface area contributed by atoms with Gasteiger partial charge in [0.05, 0.1) is 11.6 Å². The third kappa shape index (κ3) is 5.03. The van der Waals surface area contributed by atoms with Gasteiger partial charge in [-0.25, -0.2) is 0 Å². The van der Waals surface area contributed by atoms with Crippen LogP contribution in [0, 0.1) is 13.8 Å². The minimum Gasteiger partial charge on any atom is -0.492 e. The van der Waals surface area contributed by atoms with Crippen LogP contribution in [0.5, 0.6) is 11.5 Å². The summed E-state index contributed by atoms with van der Waals surface area (Å²) < 4.78 is 35.9. The van der Waals surface area contributed by atoms with Crippen LogP contribution in [0.4, 0.5) is 0 Å². The van der Waals surface area contributed by atoms with Crippen LogP contribution in [0.25, 0.3) is 0 Å². The lowest BCUT2D eigenvalue weighted by Gasteiger charge is -2.12. The fraction of sp³-hybridized carbons (Fsp3) is 0.333. The van der Waals surface area contributed by atoms with E-state index in [1.165, 1.54) is 18.2 Å². The fourth-order valence-electron chi connectivity index (χ4n) is 2.21. The Morgan fingerprint density at radius 2 is 1.68 bits per heavy atom. The van der Waals surface area contributed by atoms with Gasteiger partial charge in [-0.3, -0.25) is 0 Å². The van der Waals surface area contributed by atoms with Gasteiger partial charge >= 0.3 is 10.1 Å². The van der Waals surface area contributed by atoms with Crippen LogP contribution in [0.15, 0.2) is 35.2 Å². The lowest BCUT2D eigenvalue weighted by molar-refractivity contribution is 0.308. The summed E-state index contributed by atoms with van der Waals surface area (Å²) >= 11 is 12.2. The number of rotatable bonds is 7. The van der Waals surface area contributed by atoms with E-state index in [1.807, 2.05) is 6.92 Å². The Morgan fingerprint density at radius 1 is 1.04 bits per heavy atom. The highest BCUT2D eigenvalue weighted by atomic mass is 35.5. The third-order valence-electron chi connectivity index (χ3n) is 3.56. The molecule has 0 amide bonds. The average Bonchev–Trinajstić information content (AvgIpc) is 2.54. The first kappa shape index (κ1) is 19.9. The van der Waals surface area contributed by atoms with Crippen molar-refractivity contribution in [1.29, 1.82) is 0 Å². The number of ether oxygens (including phenoxy) is 1. The van der Waals surface area contributed by atoms with Crippen molar-refractivity contribution in [3.63, 3.8) is 0 Å². The molecule has 0 unspecified atom stereocenters. The lowest BCUT2D eigenvalue weighted by Crippen LogP contribution is -2.10. The van der Waals surface area contributed by atoms with Crippen LogP contribution < -0.4 is 8.92 Å². The minimum atomic E-state index is -4.01. The summed E-state index contributed by atoms with van der Waals surface area (Å²) in [6, 6.07) is 7.42. The van der Waals surface area contributed by atoms with E-state index < -0.39 is 10.1 Å². The monoisotopic (exact) mass is 402 g/mol. The summed E-state index contributed by atoms with van der Waals surface area (Å²) in [5.41, 5.74) is 1.48. The van der Waals surface area contributed by atoms with E-state index in [2.05, 4.69) is 0 Å². The molecule has 0 aromatic heterocycles. The van der Waals surface area contributed by atoms with Crippen molar-refractivity contribution in [2.24, 2.45) is 0 Å². The Morgan fingerprint density at radius 3 is 2.28 bits per heavy atom. The molecule has 2 aromatic carbocycles. The normalized spacial score (nSPS) is 11.4. The van der Waals surface area contributed by atoms with E-state index in [-0.39, 0.29) is 10.6 Å². The molecule has 7 heteroatoms. The predicted molar refractivity (Wildman–Crippen MR) is 101 cm³/mol. The zero-order valence-corrected chi connectivity index (χ0v) is 16.6. The van der Waals surface area contributed by atoms with Gasteiger partial charge in [0.1, 0.15) is 16.4 Å². The molecule has 0 bridgehead atoms. The SMILES string of the molecule is CCCCOc1cc(S(=O)(=O)Oc2cc(C)c(Cl)c(C)c2)ccc1Cl. The van der Waals surface area contributed by atoms with E-state index in [4.69, 9.17) is 32.1 Å². The first-order valence-corrected chi connectivity index (χ1v) is 10.0. The second kappa shape index (κ2) is 8.30. The molecule has 0 saturated carbocycles. The zero-order valence-electron chi connectivity index (χ0n) is 14.3. The van der Waals surface area contributed by atoms with Crippen molar-refractivity contribution in [2.45, 2.75) is 38.5 Å². The van der Waals surface area contributed by atoms with E-state index in [0.29, 0.717) is 22.4 Å². The Hall–Kier alpha value is -1.43. The molecule has 0 radical (unpaired) electrons. The summed E-state index contributed by atoms with van der Waals surface area (Å²) in [5, 5.41) is 0.941. The molecule has 2 rings (SSSR count). The van der Waals surface area contributed by atoms with Crippen molar-refractivity contribution in [2.75, 3.05) is 6.61 Å². The number of aryl methyl sites for hydroxylation is 2. The number of halogens is 2. The zero-order chi connectivity index (χ0) is 18.6. The molecule has 0 heterocycles. The standard InChI is InChI=1S/C18H20Cl2O4S/c1-4-5-8-23-17-11-15(6-7-16(17)19)25(21,22)24-14-9-12(2)18(20)13(3)10-14/h6-7,9-11H,4-5,8H2,1-3H3. The van der Waals surface area contributed by atoms with Crippen LogP contribution in [0.1, 0.15) is 30.9 Å². The molecule has 0 aliphatic carbocycles. The third-order valence-corrected chi connectivity index (χ3v) is 5.71. The molecule has 0 saturated heterocycles. The highest BCUT2D eigenvalue weighted by molar-refractivity contribution is 7.87. The summed E-state index contributed by atoms with van der Waals surface area (Å²) in [6.45, 7) is 6.08. The van der Waals surface area contributed by atoms with Gasteiger partial charge in [-0.2, -0.15) is 8.42 Å². The van der Waals surface area contributed by atoms with Gasteiger partial charge in [0.2, 0.25) is 0 Å². The maximum Gasteiger partial charge on any atom is 0.339 e. The quantitative estimate of drug-likeness (QED) is 0.449. The second-order valence-electron chi connectivity index (χ2n) is 5.70. The molecule has 2 aromatic rings. The Bertz CT molecular complexity index is 840. The first-order chi connectivity index (χ1) is 11.7. The number of hydrogen-bond donors (Lipinski definition) is 0. The van der Waals surface area contributed by atoms with Crippen molar-refractivity contribution < 1.29 is 17.3 Å². The molecule has 0 fully saturated rings. The van der Waals surface area contributed by atoms with Gasteiger partial charge in [-0.05, 0) is 55.7 Å². The first-order valence-electron chi connectivity index (χ1n) is 7.88. The van der Waals surface area contributed by atoms with E-state index in [0.717, 1.165) is 24.0 Å². The number of hydrogen-bond acceptors (Lipinski definition) is 4. The van der Waals surface area contributed by atoms with Gasteiger partial charge < -0.3 is 8.92 Å². The maximum absolute atomic E-state index is 12.5. The molecular weight excluding hydrogens is 383 g/mol. The molecule has 0 spiro atoms. The Balaban J connectivity index is 2.29. The lowest BCUT2D eigenvalue weighted by atomic mass is 10.1. The van der Waals surface area contributed by atoms with Gasteiger partial charge in [0.25, 0.3) is 0 Å². The number of benzene rings is 2. The van der Waals surface area contributed by atoms with Gasteiger partial charge in [0.15, 0.2) is 0 Å². The van der Waals surface area contributed by atoms with Crippen LogP contribution >= 0.6 is 23.2 Å². The minimum absolute atomic E-state index is 0.0198. The van der Waals surface area contributed by atoms with E-state index in [1.54, 1.807) is 26.0 Å². The molecular formula is C18H20Cl2O4S. The molecule has 0 aliphatic heterocycles. The van der Waals surface area contributed by atoms with Gasteiger partial charge in [-0.15, -0.1) is 0 Å². The molecule has 0 atom stereocenters. The second-order valence-corrected chi connectivity index (χ2v) is 8.03. The van der Waals surface area contributed by atoms with Crippen LogP contribution in [0.2, 0.25) is 10.0 Å². The average molecular weight is 403 g/mol. The molecule has 25 heavy (non-hydrogen) atoms. The summed E-state index contributed by atoms with van der Waals surface area (Å²) in [5.74, 6) is 0.533. The Labute approximate surface area is 158 Å². The summed E-state index contributed by atoms with van der Waals surface area (Å²) in [7, 11) is -4.01. The molecule has 0 N–H and O–H groups in total. The fourth-order valence-corrected chi connectivity index (χ4v) is 3.42. The topological polar surface area (TPSA) is 52.6 Å². The summed E-state index contributed by atoms with van der Waals surface area (Å²) in [4.78, 5) is -0.0198. The Kier molecular flexibility index (Phi) is 6.60. The van der Waals surface area contributed by atoms with E-state index in [9.17, 15) is 8.42 Å². The van der Waals surface area contributed by atoms with Crippen LogP contribution in [-0.2, 0) is 10.1 Å². The van der Waals surface area contributed by atoms with Crippen molar-refractivity contribution in [3.05, 3.63) is 51.5 Å².